The fourth-order valence-electron chi connectivity index (χ4n) is 3.84. The van der Waals surface area contributed by atoms with Crippen LogP contribution < -0.4 is 0 Å². The lowest BCUT2D eigenvalue weighted by atomic mass is 9.77. The van der Waals surface area contributed by atoms with E-state index in [4.69, 9.17) is 0 Å². The monoisotopic (exact) mass is 346 g/mol. The van der Waals surface area contributed by atoms with Crippen LogP contribution in [0.4, 0.5) is 0 Å². The molecule has 1 aromatic carbocycles. The topological polar surface area (TPSA) is 60.7 Å². The molecule has 25 heavy (non-hydrogen) atoms. The fourth-order valence-corrected chi connectivity index (χ4v) is 3.84. The molecule has 0 amide bonds. The lowest BCUT2D eigenvalue weighted by Crippen LogP contribution is -2.18. The van der Waals surface area contributed by atoms with Crippen LogP contribution in [-0.4, -0.2) is 21.4 Å². The predicted octanol–water partition coefficient (Wildman–Crippen LogP) is 5.53. The number of allylic oxidation sites excluding steroid dienone is 1. The molecular weight excluding hydrogens is 312 g/mol. The van der Waals surface area contributed by atoms with E-state index < -0.39 is 6.10 Å². The van der Waals surface area contributed by atoms with Gasteiger partial charge in [-0.25, -0.2) is 0 Å². The van der Waals surface area contributed by atoms with Crippen LogP contribution in [0.25, 0.3) is 0 Å². The number of aliphatic hydroxyl groups is 1. The standard InChI is InChI=1S/C22H34O3/c1-5-6-7-8-11-22(3,4)17-13-19(24)21(20(25)14-17)16-9-10-18(23)15(2)12-16/h12-14,16,18,23-25H,5-11H2,1-4H3. The maximum absolute atomic E-state index is 10.6. The number of hydrogen-bond acceptors (Lipinski definition) is 3. The summed E-state index contributed by atoms with van der Waals surface area (Å²) >= 11 is 0. The lowest BCUT2D eigenvalue weighted by molar-refractivity contribution is 0.187. The van der Waals surface area contributed by atoms with Crippen LogP contribution >= 0.6 is 0 Å². The fraction of sp³-hybridized carbons (Fsp3) is 0.636. The first-order chi connectivity index (χ1) is 11.8. The number of benzene rings is 1. The average Bonchev–Trinajstić information content (AvgIpc) is 2.54. The highest BCUT2D eigenvalue weighted by atomic mass is 16.3. The third-order valence-electron chi connectivity index (χ3n) is 5.68. The summed E-state index contributed by atoms with van der Waals surface area (Å²) in [6.07, 6.45) is 8.87. The number of phenolic OH excluding ortho intramolecular Hbond substituents is 2. The van der Waals surface area contributed by atoms with Gasteiger partial charge in [0.25, 0.3) is 0 Å². The molecule has 3 N–H and O–H groups in total. The van der Waals surface area contributed by atoms with Crippen molar-refractivity contribution < 1.29 is 15.3 Å². The van der Waals surface area contributed by atoms with Gasteiger partial charge in [0.05, 0.1) is 6.10 Å². The molecule has 0 aliphatic heterocycles. The van der Waals surface area contributed by atoms with Gasteiger partial charge in [-0.1, -0.05) is 52.5 Å². The number of aliphatic hydroxyl groups excluding tert-OH is 1. The number of aromatic hydroxyl groups is 2. The van der Waals surface area contributed by atoms with Gasteiger partial charge in [-0.3, -0.25) is 0 Å². The summed E-state index contributed by atoms with van der Waals surface area (Å²) < 4.78 is 0. The van der Waals surface area contributed by atoms with Gasteiger partial charge in [-0.15, -0.1) is 0 Å². The second-order valence-corrected chi connectivity index (χ2v) is 8.23. The van der Waals surface area contributed by atoms with Crippen molar-refractivity contribution in [3.05, 3.63) is 34.9 Å². The molecule has 0 spiro atoms. The Balaban J connectivity index is 2.22. The van der Waals surface area contributed by atoms with Crippen LogP contribution in [-0.2, 0) is 5.41 Å². The number of unbranched alkanes of at least 4 members (excludes halogenated alkanes) is 3. The molecule has 0 radical (unpaired) electrons. The number of phenols is 2. The van der Waals surface area contributed by atoms with Crippen molar-refractivity contribution in [3.63, 3.8) is 0 Å². The SMILES string of the molecule is CCCCCCC(C)(C)c1cc(O)c(C2C=C(C)C(O)CC2)c(O)c1. The summed E-state index contributed by atoms with van der Waals surface area (Å²) in [4.78, 5) is 0. The Hall–Kier alpha value is -1.48. The minimum Gasteiger partial charge on any atom is -0.507 e. The van der Waals surface area contributed by atoms with E-state index in [1.807, 2.05) is 25.1 Å². The van der Waals surface area contributed by atoms with Gasteiger partial charge in [0.2, 0.25) is 0 Å². The highest BCUT2D eigenvalue weighted by Gasteiger charge is 2.27. The van der Waals surface area contributed by atoms with E-state index >= 15 is 0 Å². The van der Waals surface area contributed by atoms with Gasteiger partial charge in [-0.2, -0.15) is 0 Å². The van der Waals surface area contributed by atoms with Crippen molar-refractivity contribution in [3.8, 4) is 11.5 Å². The molecule has 2 rings (SSSR count). The van der Waals surface area contributed by atoms with Gasteiger partial charge in [0, 0.05) is 11.5 Å². The smallest absolute Gasteiger partial charge is 0.123 e. The van der Waals surface area contributed by atoms with Gasteiger partial charge in [0.1, 0.15) is 11.5 Å². The molecule has 0 saturated heterocycles. The summed E-state index contributed by atoms with van der Waals surface area (Å²) in [5, 5.41) is 31.1. The molecule has 0 bridgehead atoms. The molecule has 1 aromatic rings. The zero-order valence-corrected chi connectivity index (χ0v) is 16.2. The average molecular weight is 347 g/mol. The third-order valence-corrected chi connectivity index (χ3v) is 5.68. The normalized spacial score (nSPS) is 21.2. The highest BCUT2D eigenvalue weighted by Crippen LogP contribution is 2.44. The summed E-state index contributed by atoms with van der Waals surface area (Å²) in [5.74, 6) is 0.300. The van der Waals surface area contributed by atoms with Crippen LogP contribution in [0.2, 0.25) is 0 Å². The lowest BCUT2D eigenvalue weighted by Gasteiger charge is -2.29. The summed E-state index contributed by atoms with van der Waals surface area (Å²) in [6, 6.07) is 3.65. The zero-order chi connectivity index (χ0) is 18.6. The maximum Gasteiger partial charge on any atom is 0.123 e. The summed E-state index contributed by atoms with van der Waals surface area (Å²) in [7, 11) is 0. The van der Waals surface area contributed by atoms with Crippen molar-refractivity contribution >= 4 is 0 Å². The minimum atomic E-state index is -0.401. The number of hydrogen-bond donors (Lipinski definition) is 3. The van der Waals surface area contributed by atoms with Crippen molar-refractivity contribution in [1.82, 2.24) is 0 Å². The van der Waals surface area contributed by atoms with E-state index in [-0.39, 0.29) is 22.8 Å². The van der Waals surface area contributed by atoms with Gasteiger partial charge in [0.15, 0.2) is 0 Å². The van der Waals surface area contributed by atoms with Crippen molar-refractivity contribution in [2.45, 2.75) is 90.1 Å². The Morgan fingerprint density at radius 3 is 2.24 bits per heavy atom. The molecule has 140 valence electrons. The van der Waals surface area contributed by atoms with Crippen LogP contribution in [0.3, 0.4) is 0 Å². The van der Waals surface area contributed by atoms with Crippen LogP contribution in [0.1, 0.15) is 89.7 Å². The molecule has 3 heteroatoms. The van der Waals surface area contributed by atoms with E-state index in [1.165, 1.54) is 19.3 Å². The van der Waals surface area contributed by atoms with Gasteiger partial charge in [-0.05, 0) is 54.9 Å². The van der Waals surface area contributed by atoms with Crippen LogP contribution in [0, 0.1) is 0 Å². The molecule has 0 saturated carbocycles. The Labute approximate surface area is 152 Å². The summed E-state index contributed by atoms with van der Waals surface area (Å²) in [5.41, 5.74) is 2.42. The molecule has 0 heterocycles. The quantitative estimate of drug-likeness (QED) is 0.449. The molecule has 3 nitrogen and oxygen atoms in total. The largest absolute Gasteiger partial charge is 0.507 e. The second-order valence-electron chi connectivity index (χ2n) is 8.23. The van der Waals surface area contributed by atoms with Gasteiger partial charge >= 0.3 is 0 Å². The number of rotatable bonds is 7. The highest BCUT2D eigenvalue weighted by molar-refractivity contribution is 5.52. The van der Waals surface area contributed by atoms with Crippen molar-refractivity contribution in [2.24, 2.45) is 0 Å². The Kier molecular flexibility index (Phi) is 6.56. The zero-order valence-electron chi connectivity index (χ0n) is 16.2. The minimum absolute atomic E-state index is 0.0369. The first-order valence-corrected chi connectivity index (χ1v) is 9.69. The molecular formula is C22H34O3. The predicted molar refractivity (Wildman–Crippen MR) is 103 cm³/mol. The van der Waals surface area contributed by atoms with Crippen LogP contribution in [0.15, 0.2) is 23.8 Å². The molecule has 2 unspecified atom stereocenters. The van der Waals surface area contributed by atoms with E-state index in [0.29, 0.717) is 12.0 Å². The maximum atomic E-state index is 10.6. The molecule has 0 aromatic heterocycles. The summed E-state index contributed by atoms with van der Waals surface area (Å²) in [6.45, 7) is 8.46. The van der Waals surface area contributed by atoms with Crippen molar-refractivity contribution in [2.75, 3.05) is 0 Å². The molecule has 2 atom stereocenters. The Morgan fingerprint density at radius 2 is 1.68 bits per heavy atom. The second kappa shape index (κ2) is 8.27. The van der Waals surface area contributed by atoms with E-state index in [2.05, 4.69) is 20.8 Å². The first-order valence-electron chi connectivity index (χ1n) is 9.69. The van der Waals surface area contributed by atoms with E-state index in [0.717, 1.165) is 30.4 Å². The molecule has 0 fully saturated rings. The van der Waals surface area contributed by atoms with E-state index in [9.17, 15) is 15.3 Å². The van der Waals surface area contributed by atoms with Crippen molar-refractivity contribution in [1.29, 1.82) is 0 Å². The molecule has 1 aliphatic carbocycles. The van der Waals surface area contributed by atoms with E-state index in [1.54, 1.807) is 0 Å². The third kappa shape index (κ3) is 4.78. The first kappa shape index (κ1) is 19.8. The van der Waals surface area contributed by atoms with Gasteiger partial charge < -0.3 is 15.3 Å². The van der Waals surface area contributed by atoms with Crippen LogP contribution in [0.5, 0.6) is 11.5 Å². The Morgan fingerprint density at radius 1 is 1.04 bits per heavy atom. The molecule has 1 aliphatic rings. The Bertz CT molecular complexity index is 593.